The molecule has 0 spiro atoms. The second kappa shape index (κ2) is 6.27. The Morgan fingerprint density at radius 1 is 1.39 bits per heavy atom. The third-order valence-electron chi connectivity index (χ3n) is 3.65. The number of carbonyl (C=O) groups is 2. The molecule has 1 saturated heterocycles. The molecule has 1 aromatic rings. The summed E-state index contributed by atoms with van der Waals surface area (Å²) in [5.74, 6) is -0.422. The van der Waals surface area contributed by atoms with Gasteiger partial charge in [-0.25, -0.2) is 4.79 Å². The topological polar surface area (TPSA) is 52.7 Å². The third-order valence-corrected chi connectivity index (χ3v) is 3.98. The number of rotatable bonds is 3. The van der Waals surface area contributed by atoms with Crippen LogP contribution >= 0.6 is 11.6 Å². The summed E-state index contributed by atoms with van der Waals surface area (Å²) in [5, 5.41) is 2.15. The number of nitrogens with one attached hydrogen (secondary N) is 1. The normalized spacial score (nSPS) is 18.5. The van der Waals surface area contributed by atoms with Crippen molar-refractivity contribution in [2.75, 3.05) is 20.6 Å². The number of alkyl halides is 3. The van der Waals surface area contributed by atoms with Gasteiger partial charge < -0.3 is 15.1 Å². The highest BCUT2D eigenvalue weighted by atomic mass is 35.5. The molecule has 5 nitrogen and oxygen atoms in total. The van der Waals surface area contributed by atoms with Crippen LogP contribution < -0.4 is 5.32 Å². The molecule has 1 atom stereocenters. The minimum Gasteiger partial charge on any atom is -0.350 e. The first kappa shape index (κ1) is 17.4. The summed E-state index contributed by atoms with van der Waals surface area (Å²) in [6, 6.07) is 2.51. The monoisotopic (exact) mass is 349 g/mol. The lowest BCUT2D eigenvalue weighted by Gasteiger charge is -2.17. The summed E-state index contributed by atoms with van der Waals surface area (Å²) in [6.07, 6.45) is -4.56. The van der Waals surface area contributed by atoms with Crippen LogP contribution in [-0.2, 0) is 17.5 Å². The summed E-state index contributed by atoms with van der Waals surface area (Å²) < 4.78 is 38.4. The van der Waals surface area contributed by atoms with Crippen molar-refractivity contribution in [2.45, 2.75) is 18.8 Å². The van der Waals surface area contributed by atoms with E-state index in [1.54, 1.807) is 7.05 Å². The summed E-state index contributed by atoms with van der Waals surface area (Å²) in [5.41, 5.74) is -0.672. The van der Waals surface area contributed by atoms with E-state index in [0.29, 0.717) is 0 Å². The molecule has 0 aliphatic carbocycles. The van der Waals surface area contributed by atoms with Gasteiger partial charge in [0.05, 0.1) is 17.1 Å². The van der Waals surface area contributed by atoms with Gasteiger partial charge in [0, 0.05) is 20.6 Å². The zero-order valence-corrected chi connectivity index (χ0v) is 13.2. The lowest BCUT2D eigenvalue weighted by molar-refractivity contribution is -0.137. The molecule has 1 N–H and O–H groups in total. The molecule has 0 bridgehead atoms. The molecule has 23 heavy (non-hydrogen) atoms. The molecule has 0 radical (unpaired) electrons. The quantitative estimate of drug-likeness (QED) is 0.910. The first-order valence-electron chi connectivity index (χ1n) is 6.72. The standard InChI is InChI=1S/C14H15ClF3N3O2/c1-20-7-11(21(2)13(20)23)12(22)19-6-8-3-4-10(15)9(5-8)14(16,17)18/h3-5,11H,6-7H2,1-2H3,(H,19,22). The molecule has 3 amide bonds. The molecule has 1 fully saturated rings. The van der Waals surface area contributed by atoms with Gasteiger partial charge in [-0.05, 0) is 17.7 Å². The lowest BCUT2D eigenvalue weighted by atomic mass is 10.1. The van der Waals surface area contributed by atoms with Crippen LogP contribution in [0.3, 0.4) is 0 Å². The molecule has 1 aliphatic heterocycles. The summed E-state index contributed by atoms with van der Waals surface area (Å²) in [4.78, 5) is 26.4. The fourth-order valence-electron chi connectivity index (χ4n) is 2.33. The van der Waals surface area contributed by atoms with Gasteiger partial charge in [0.1, 0.15) is 6.04 Å². The molecule has 0 aromatic heterocycles. The van der Waals surface area contributed by atoms with E-state index in [9.17, 15) is 22.8 Å². The highest BCUT2D eigenvalue weighted by Crippen LogP contribution is 2.35. The smallest absolute Gasteiger partial charge is 0.350 e. The van der Waals surface area contributed by atoms with E-state index >= 15 is 0 Å². The minimum atomic E-state index is -4.56. The molecule has 1 unspecified atom stereocenters. The van der Waals surface area contributed by atoms with Crippen LogP contribution in [0.5, 0.6) is 0 Å². The number of benzene rings is 1. The van der Waals surface area contributed by atoms with E-state index in [0.717, 1.165) is 12.1 Å². The van der Waals surface area contributed by atoms with E-state index < -0.39 is 28.7 Å². The van der Waals surface area contributed by atoms with E-state index in [4.69, 9.17) is 11.6 Å². The lowest BCUT2D eigenvalue weighted by Crippen LogP contribution is -2.43. The fraction of sp³-hybridized carbons (Fsp3) is 0.429. The Balaban J connectivity index is 2.04. The predicted octanol–water partition coefficient (Wildman–Crippen LogP) is 2.34. The number of hydrogen-bond acceptors (Lipinski definition) is 2. The number of nitrogens with zero attached hydrogens (tertiary/aromatic N) is 2. The number of amides is 3. The second-order valence-corrected chi connectivity index (χ2v) is 5.73. The van der Waals surface area contributed by atoms with Gasteiger partial charge in [0.25, 0.3) is 0 Å². The molecule has 0 saturated carbocycles. The third kappa shape index (κ3) is 3.69. The van der Waals surface area contributed by atoms with Gasteiger partial charge in [-0.3, -0.25) is 4.79 Å². The zero-order valence-electron chi connectivity index (χ0n) is 12.4. The first-order valence-corrected chi connectivity index (χ1v) is 7.10. The van der Waals surface area contributed by atoms with Gasteiger partial charge in [-0.15, -0.1) is 0 Å². The van der Waals surface area contributed by atoms with Crippen LogP contribution in [0.2, 0.25) is 5.02 Å². The van der Waals surface area contributed by atoms with Crippen LogP contribution in [0.1, 0.15) is 11.1 Å². The zero-order chi connectivity index (χ0) is 17.4. The average molecular weight is 350 g/mol. The van der Waals surface area contributed by atoms with Crippen molar-refractivity contribution < 1.29 is 22.8 Å². The number of urea groups is 1. The van der Waals surface area contributed by atoms with Gasteiger partial charge in [0.15, 0.2) is 0 Å². The Hall–Kier alpha value is -1.96. The molecule has 9 heteroatoms. The van der Waals surface area contributed by atoms with Crippen molar-refractivity contribution in [2.24, 2.45) is 0 Å². The van der Waals surface area contributed by atoms with E-state index in [-0.39, 0.29) is 24.7 Å². The first-order chi connectivity index (χ1) is 10.6. The number of carbonyl (C=O) groups excluding carboxylic acids is 2. The van der Waals surface area contributed by atoms with Crippen molar-refractivity contribution in [3.05, 3.63) is 34.3 Å². The number of halogens is 4. The van der Waals surface area contributed by atoms with Gasteiger partial charge in [-0.2, -0.15) is 13.2 Å². The maximum absolute atomic E-state index is 12.8. The van der Waals surface area contributed by atoms with Crippen molar-refractivity contribution in [1.82, 2.24) is 15.1 Å². The van der Waals surface area contributed by atoms with Crippen molar-refractivity contribution >= 4 is 23.5 Å². The van der Waals surface area contributed by atoms with Gasteiger partial charge in [-0.1, -0.05) is 17.7 Å². The van der Waals surface area contributed by atoms with Crippen LogP contribution in [-0.4, -0.2) is 48.4 Å². The average Bonchev–Trinajstić information content (AvgIpc) is 2.72. The fourth-order valence-corrected chi connectivity index (χ4v) is 2.55. The van der Waals surface area contributed by atoms with Crippen LogP contribution in [0.15, 0.2) is 18.2 Å². The van der Waals surface area contributed by atoms with Gasteiger partial charge >= 0.3 is 12.2 Å². The Morgan fingerprint density at radius 3 is 2.57 bits per heavy atom. The Kier molecular flexibility index (Phi) is 4.74. The van der Waals surface area contributed by atoms with Gasteiger partial charge in [0.2, 0.25) is 5.91 Å². The highest BCUT2D eigenvalue weighted by molar-refractivity contribution is 6.31. The molecule has 126 valence electrons. The van der Waals surface area contributed by atoms with Crippen molar-refractivity contribution in [3.8, 4) is 0 Å². The molecular weight excluding hydrogens is 335 g/mol. The largest absolute Gasteiger partial charge is 0.417 e. The molecule has 1 aromatic carbocycles. The molecular formula is C14H15ClF3N3O2. The second-order valence-electron chi connectivity index (χ2n) is 5.32. The highest BCUT2D eigenvalue weighted by Gasteiger charge is 2.37. The van der Waals surface area contributed by atoms with Crippen LogP contribution in [0.4, 0.5) is 18.0 Å². The Morgan fingerprint density at radius 2 is 2.04 bits per heavy atom. The molecule has 1 aliphatic rings. The number of hydrogen-bond donors (Lipinski definition) is 1. The van der Waals surface area contributed by atoms with E-state index in [1.165, 1.54) is 22.9 Å². The summed E-state index contributed by atoms with van der Waals surface area (Å²) in [6.45, 7) is 0.150. The predicted molar refractivity (Wildman–Crippen MR) is 77.9 cm³/mol. The van der Waals surface area contributed by atoms with Crippen molar-refractivity contribution in [3.63, 3.8) is 0 Å². The SMILES string of the molecule is CN1CC(C(=O)NCc2ccc(Cl)c(C(F)(F)F)c2)N(C)C1=O. The Labute approximate surface area is 136 Å². The van der Waals surface area contributed by atoms with E-state index in [2.05, 4.69) is 5.32 Å². The maximum Gasteiger partial charge on any atom is 0.417 e. The number of likely N-dealkylation sites (N-methyl/N-ethyl adjacent to an activating group) is 2. The molecule has 1 heterocycles. The maximum atomic E-state index is 12.8. The van der Waals surface area contributed by atoms with E-state index in [1.807, 2.05) is 0 Å². The summed E-state index contributed by atoms with van der Waals surface area (Å²) >= 11 is 5.54. The minimum absolute atomic E-state index is 0.0820. The van der Waals surface area contributed by atoms with Crippen LogP contribution in [0, 0.1) is 0 Å². The molecule has 2 rings (SSSR count). The van der Waals surface area contributed by atoms with Crippen molar-refractivity contribution in [1.29, 1.82) is 0 Å². The summed E-state index contributed by atoms with van der Waals surface area (Å²) in [7, 11) is 3.07. The Bertz CT molecular complexity index is 636. The van der Waals surface area contributed by atoms with Crippen LogP contribution in [0.25, 0.3) is 0 Å².